The molecule has 2 aliphatic heterocycles. The van der Waals surface area contributed by atoms with Crippen molar-refractivity contribution in [1.29, 1.82) is 0 Å². The molecule has 2 aliphatic rings. The Balaban J connectivity index is 0.938. The van der Waals surface area contributed by atoms with Gasteiger partial charge in [0, 0.05) is 81.9 Å². The van der Waals surface area contributed by atoms with Gasteiger partial charge in [0.05, 0.1) is 22.9 Å². The number of aromatic nitrogens is 6. The minimum absolute atomic E-state index is 0.0174. The fourth-order valence-electron chi connectivity index (χ4n) is 8.22. The fourth-order valence-corrected chi connectivity index (χ4v) is 8.58. The number of likely N-dealkylation sites (N-methyl/N-ethyl adjacent to an activating group) is 1. The van der Waals surface area contributed by atoms with Crippen LogP contribution in [0, 0.1) is 5.92 Å². The second-order valence-electron chi connectivity index (χ2n) is 16.9. The van der Waals surface area contributed by atoms with E-state index < -0.39 is 12.5 Å². The first-order chi connectivity index (χ1) is 32.3. The molecule has 0 spiro atoms. The lowest BCUT2D eigenvalue weighted by Gasteiger charge is -2.30. The molecule has 20 heteroatoms. The summed E-state index contributed by atoms with van der Waals surface area (Å²) in [5.74, 6) is 1.95. The molecule has 4 aromatic heterocycles. The second kappa shape index (κ2) is 20.9. The van der Waals surface area contributed by atoms with Crippen molar-refractivity contribution in [2.75, 3.05) is 72.9 Å². The number of carbonyl (C=O) groups is 2. The first-order valence-electron chi connectivity index (χ1n) is 22.5. The third-order valence-corrected chi connectivity index (χ3v) is 12.7. The summed E-state index contributed by atoms with van der Waals surface area (Å²) >= 11 is 13.5. The molecule has 0 aliphatic carbocycles. The van der Waals surface area contributed by atoms with Crippen molar-refractivity contribution < 1.29 is 19.1 Å². The molecule has 0 saturated carbocycles. The maximum atomic E-state index is 13.3. The van der Waals surface area contributed by atoms with E-state index in [2.05, 4.69) is 43.0 Å². The highest BCUT2D eigenvalue weighted by atomic mass is 35.5. The highest BCUT2D eigenvalue weighted by Gasteiger charge is 2.22. The van der Waals surface area contributed by atoms with E-state index in [4.69, 9.17) is 47.6 Å². The maximum Gasteiger partial charge on any atom is 0.293 e. The van der Waals surface area contributed by atoms with E-state index >= 15 is 0 Å². The minimum atomic E-state index is -0.436. The number of amides is 2. The zero-order valence-electron chi connectivity index (χ0n) is 38.0. The Morgan fingerprint density at radius 2 is 1.27 bits per heavy atom. The van der Waals surface area contributed by atoms with Gasteiger partial charge in [0.15, 0.2) is 36.3 Å². The maximum absolute atomic E-state index is 13.3. The topological polar surface area (TPSA) is 203 Å². The van der Waals surface area contributed by atoms with Gasteiger partial charge in [0.2, 0.25) is 11.9 Å². The number of aryl methyl sites for hydroxylation is 2. The van der Waals surface area contributed by atoms with Crippen LogP contribution in [0.1, 0.15) is 51.6 Å². The molecule has 2 saturated heterocycles. The van der Waals surface area contributed by atoms with E-state index in [0.717, 1.165) is 58.3 Å². The van der Waals surface area contributed by atoms with E-state index in [0.29, 0.717) is 79.9 Å². The summed E-state index contributed by atoms with van der Waals surface area (Å²) in [5, 5.41) is 14.2. The summed E-state index contributed by atoms with van der Waals surface area (Å²) in [6, 6.07) is 14.2. The third kappa shape index (κ3) is 11.0. The second-order valence-corrected chi connectivity index (χ2v) is 17.7. The van der Waals surface area contributed by atoms with E-state index in [1.165, 1.54) is 9.13 Å². The molecule has 2 fully saturated rings. The van der Waals surface area contributed by atoms with E-state index in [-0.39, 0.29) is 53.1 Å². The highest BCUT2D eigenvalue weighted by Crippen LogP contribution is 2.32. The average Bonchev–Trinajstić information content (AvgIpc) is 3.32. The number of anilines is 6. The molecule has 6 heterocycles. The van der Waals surface area contributed by atoms with E-state index in [1.54, 1.807) is 45.4 Å². The number of fused-ring (bicyclic) bond motifs is 2. The number of hydrogen-bond donors (Lipinski definition) is 4. The van der Waals surface area contributed by atoms with E-state index in [9.17, 15) is 19.2 Å². The summed E-state index contributed by atoms with van der Waals surface area (Å²) in [7, 11) is 3.29. The van der Waals surface area contributed by atoms with Gasteiger partial charge in [-0.25, -0.2) is 9.97 Å². The number of benzene rings is 2. The predicted octanol–water partition coefficient (Wildman–Crippen LogP) is 6.24. The molecule has 0 unspecified atom stereocenters. The van der Waals surface area contributed by atoms with Crippen molar-refractivity contribution in [3.63, 3.8) is 0 Å². The first-order valence-corrected chi connectivity index (χ1v) is 23.3. The molecule has 0 atom stereocenters. The molecule has 4 N–H and O–H groups in total. The van der Waals surface area contributed by atoms with Crippen LogP contribution in [-0.2, 0) is 30.1 Å². The van der Waals surface area contributed by atoms with Crippen LogP contribution in [0.5, 0.6) is 11.5 Å². The number of pyridine rings is 2. The van der Waals surface area contributed by atoms with Gasteiger partial charge in [0.25, 0.3) is 22.9 Å². The summed E-state index contributed by atoms with van der Waals surface area (Å²) in [6.45, 7) is 7.34. The number of ether oxygens (including phenoxy) is 2. The van der Waals surface area contributed by atoms with Crippen LogP contribution in [0.15, 0.2) is 64.3 Å². The molecular weight excluding hydrogens is 900 g/mol. The number of nitrogens with zero attached hydrogens (tertiary/aromatic N) is 8. The quantitative estimate of drug-likeness (QED) is 0.0849. The van der Waals surface area contributed by atoms with Gasteiger partial charge in [-0.2, -0.15) is 9.97 Å². The van der Waals surface area contributed by atoms with Crippen LogP contribution in [-0.4, -0.2) is 93.4 Å². The fraction of sp³-hybridized carbons (Fsp3) is 0.404. The van der Waals surface area contributed by atoms with Crippen LogP contribution in [0.25, 0.3) is 21.8 Å². The number of piperidine rings is 2. The first kappa shape index (κ1) is 46.9. The van der Waals surface area contributed by atoms with Crippen LogP contribution in [0.4, 0.5) is 34.9 Å². The largest absolute Gasteiger partial charge is 0.478 e. The van der Waals surface area contributed by atoms with Crippen LogP contribution >= 0.6 is 23.2 Å². The molecule has 67 heavy (non-hydrogen) atoms. The summed E-state index contributed by atoms with van der Waals surface area (Å²) in [5.41, 5.74) is 2.44. The monoisotopic (exact) mass is 952 g/mol. The minimum Gasteiger partial charge on any atom is -0.478 e. The van der Waals surface area contributed by atoms with Crippen molar-refractivity contribution in [3.8, 4) is 11.5 Å². The van der Waals surface area contributed by atoms with Crippen LogP contribution in [0.2, 0.25) is 10.0 Å². The Bertz CT molecular complexity index is 2930. The Morgan fingerprint density at radius 3 is 1.87 bits per heavy atom. The lowest BCUT2D eigenvalue weighted by molar-refractivity contribution is -0.123. The van der Waals surface area contributed by atoms with Crippen LogP contribution in [0.3, 0.4) is 0 Å². The van der Waals surface area contributed by atoms with E-state index in [1.807, 2.05) is 30.3 Å². The molecule has 2 aromatic carbocycles. The Kier molecular flexibility index (Phi) is 14.6. The molecule has 0 radical (unpaired) electrons. The van der Waals surface area contributed by atoms with Crippen LogP contribution < -0.4 is 51.7 Å². The Labute approximate surface area is 397 Å². The number of hydrogen-bond acceptors (Lipinski definition) is 14. The zero-order chi connectivity index (χ0) is 47.2. The molecular formula is C47H54Cl2N12O6. The smallest absolute Gasteiger partial charge is 0.293 e. The number of rotatable bonds is 16. The third-order valence-electron chi connectivity index (χ3n) is 12.0. The van der Waals surface area contributed by atoms with Gasteiger partial charge < -0.3 is 49.7 Å². The summed E-state index contributed by atoms with van der Waals surface area (Å²) in [6.07, 6.45) is 7.15. The molecule has 352 valence electrons. The number of carbonyl (C=O) groups excluding carboxylic acids is 2. The molecule has 0 bridgehead atoms. The Hall–Kier alpha value is -6.66. The van der Waals surface area contributed by atoms with Gasteiger partial charge in [-0.3, -0.25) is 19.2 Å². The lowest BCUT2D eigenvalue weighted by atomic mass is 10.00. The summed E-state index contributed by atoms with van der Waals surface area (Å²) in [4.78, 5) is 74.7. The van der Waals surface area contributed by atoms with Crippen molar-refractivity contribution in [2.24, 2.45) is 20.0 Å². The predicted molar refractivity (Wildman–Crippen MR) is 262 cm³/mol. The molecule has 18 nitrogen and oxygen atoms in total. The lowest BCUT2D eigenvalue weighted by Crippen LogP contribution is -2.34. The van der Waals surface area contributed by atoms with Gasteiger partial charge in [0.1, 0.15) is 10.0 Å². The summed E-state index contributed by atoms with van der Waals surface area (Å²) < 4.78 is 14.4. The number of nitrogens with one attached hydrogen (secondary N) is 4. The average molecular weight is 954 g/mol. The van der Waals surface area contributed by atoms with Crippen molar-refractivity contribution in [2.45, 2.75) is 52.4 Å². The van der Waals surface area contributed by atoms with Crippen molar-refractivity contribution in [3.05, 3.63) is 91.2 Å². The standard InChI is InChI=1S/C47H54Cl2N12O6/c1-5-50-39(62)26-66-37-24-30-22-32(10-12-36(30)59(4)44(37)64)54-43-41(49)34(55-47(57-43)60-17-7-6-8-18-60)13-16-51-40(63)27-67-38-23-29-21-31(9-11-35(29)58(3)45(38)65)53-42-33(48)25-52-46(56-42)61-19-14-28(2)15-20-61/h9-12,21-25,28H,5-8,13-20,26-27H2,1-4H3,(H,50,62)(H,51,63)(H,52,53,56)(H,54,55,57). The Morgan fingerprint density at radius 1 is 0.716 bits per heavy atom. The molecule has 6 aromatic rings. The zero-order valence-corrected chi connectivity index (χ0v) is 39.5. The van der Waals surface area contributed by atoms with Crippen molar-refractivity contribution >= 4 is 91.7 Å². The van der Waals surface area contributed by atoms with Gasteiger partial charge in [-0.15, -0.1) is 0 Å². The van der Waals surface area contributed by atoms with Gasteiger partial charge >= 0.3 is 0 Å². The normalized spacial score (nSPS) is 14.3. The number of halogens is 2. The van der Waals surface area contributed by atoms with Gasteiger partial charge in [-0.1, -0.05) is 30.1 Å². The van der Waals surface area contributed by atoms with Crippen molar-refractivity contribution in [1.82, 2.24) is 39.7 Å². The molecule has 8 rings (SSSR count). The molecule has 2 amide bonds. The van der Waals surface area contributed by atoms with Gasteiger partial charge in [-0.05, 0) is 93.5 Å². The highest BCUT2D eigenvalue weighted by molar-refractivity contribution is 6.33. The SMILES string of the molecule is CCNC(=O)COc1cc2cc(Nc3nc(N4CCCCC4)nc(CCNC(=O)COc4cc5cc(Nc6nc(N7CCC(C)CC7)ncc6Cl)ccc5n(C)c4=O)c3Cl)ccc2n(C)c1=O.